The Hall–Kier alpha value is -2.42. The largest absolute Gasteiger partial charge is 0.350 e. The van der Waals surface area contributed by atoms with E-state index in [0.29, 0.717) is 5.56 Å². The molecule has 0 fully saturated rings. The van der Waals surface area contributed by atoms with Gasteiger partial charge in [0.2, 0.25) is 0 Å². The molecule has 0 aliphatic heterocycles. The molecule has 0 aliphatic carbocycles. The third-order valence-corrected chi connectivity index (χ3v) is 3.17. The van der Waals surface area contributed by atoms with Crippen LogP contribution in [0.2, 0.25) is 0 Å². The van der Waals surface area contributed by atoms with Crippen molar-refractivity contribution in [2.24, 2.45) is 7.05 Å². The smallest absolute Gasteiger partial charge is 0.150 e. The fourth-order valence-corrected chi connectivity index (χ4v) is 2.29. The highest BCUT2D eigenvalue weighted by molar-refractivity contribution is 6.00. The van der Waals surface area contributed by atoms with E-state index in [2.05, 4.69) is 21.7 Å². The van der Waals surface area contributed by atoms with Gasteiger partial charge in [-0.25, -0.2) is 0 Å². The molecule has 3 heteroatoms. The lowest BCUT2D eigenvalue weighted by Crippen LogP contribution is -1.88. The summed E-state index contributed by atoms with van der Waals surface area (Å²) < 4.78 is 2.06. The van der Waals surface area contributed by atoms with Crippen molar-refractivity contribution >= 4 is 17.2 Å². The molecule has 0 amide bonds. The van der Waals surface area contributed by atoms with E-state index in [1.807, 2.05) is 25.4 Å². The van der Waals surface area contributed by atoms with Gasteiger partial charge in [-0.15, -0.1) is 0 Å². The van der Waals surface area contributed by atoms with Gasteiger partial charge in [0.05, 0.1) is 0 Å². The zero-order valence-electron chi connectivity index (χ0n) is 10.00. The second kappa shape index (κ2) is 4.11. The number of para-hydroxylation sites is 1. The number of nitrogens with zero attached hydrogens (tertiary/aromatic N) is 2. The molecule has 0 atom stereocenters. The highest BCUT2D eigenvalue weighted by atomic mass is 16.1. The van der Waals surface area contributed by atoms with Crippen molar-refractivity contribution in [1.29, 1.82) is 0 Å². The van der Waals surface area contributed by atoms with E-state index in [9.17, 15) is 4.79 Å². The number of hydrogen-bond donors (Lipinski definition) is 0. The number of pyridine rings is 1. The number of rotatable bonds is 2. The highest BCUT2D eigenvalue weighted by Crippen LogP contribution is 2.31. The van der Waals surface area contributed by atoms with Gasteiger partial charge in [-0.3, -0.25) is 9.78 Å². The number of carbonyl (C=O) groups excluding carboxylic acids is 1. The molecule has 3 aromatic rings. The van der Waals surface area contributed by atoms with Crippen molar-refractivity contribution in [1.82, 2.24) is 9.55 Å². The average Bonchev–Trinajstić information content (AvgIpc) is 2.77. The normalized spacial score (nSPS) is 10.7. The van der Waals surface area contributed by atoms with Crippen LogP contribution in [-0.4, -0.2) is 15.8 Å². The number of aldehydes is 1. The molecule has 1 aromatic carbocycles. The first-order valence-electron chi connectivity index (χ1n) is 5.75. The van der Waals surface area contributed by atoms with E-state index in [1.54, 1.807) is 18.5 Å². The van der Waals surface area contributed by atoms with E-state index in [0.717, 1.165) is 28.3 Å². The maximum absolute atomic E-state index is 11.1. The minimum Gasteiger partial charge on any atom is -0.350 e. The lowest BCUT2D eigenvalue weighted by Gasteiger charge is -2.01. The Morgan fingerprint density at radius 2 is 2.00 bits per heavy atom. The van der Waals surface area contributed by atoms with Crippen LogP contribution in [0.25, 0.3) is 22.0 Å². The van der Waals surface area contributed by atoms with Gasteiger partial charge in [0.1, 0.15) is 0 Å². The monoisotopic (exact) mass is 236 g/mol. The molecule has 0 saturated heterocycles. The van der Waals surface area contributed by atoms with Crippen LogP contribution in [0.3, 0.4) is 0 Å². The van der Waals surface area contributed by atoms with Gasteiger partial charge < -0.3 is 4.57 Å². The average molecular weight is 236 g/mol. The molecule has 0 aliphatic rings. The first-order valence-corrected chi connectivity index (χ1v) is 5.75. The van der Waals surface area contributed by atoms with E-state index < -0.39 is 0 Å². The van der Waals surface area contributed by atoms with Crippen LogP contribution in [0.4, 0.5) is 0 Å². The Bertz CT molecular complexity index is 728. The zero-order chi connectivity index (χ0) is 12.5. The van der Waals surface area contributed by atoms with Crippen molar-refractivity contribution in [2.75, 3.05) is 0 Å². The molecule has 2 aromatic heterocycles. The molecule has 0 N–H and O–H groups in total. The first kappa shape index (κ1) is 10.7. The van der Waals surface area contributed by atoms with Crippen molar-refractivity contribution < 1.29 is 4.79 Å². The van der Waals surface area contributed by atoms with Gasteiger partial charge >= 0.3 is 0 Å². The Kier molecular flexibility index (Phi) is 2.45. The predicted octanol–water partition coefficient (Wildman–Crippen LogP) is 3.05. The summed E-state index contributed by atoms with van der Waals surface area (Å²) >= 11 is 0. The lowest BCUT2D eigenvalue weighted by atomic mass is 10.0. The summed E-state index contributed by atoms with van der Waals surface area (Å²) in [6.45, 7) is 0. The number of aromatic nitrogens is 2. The predicted molar refractivity (Wildman–Crippen MR) is 71.5 cm³/mol. The molecule has 0 spiro atoms. The van der Waals surface area contributed by atoms with E-state index in [1.165, 1.54) is 0 Å². The second-order valence-corrected chi connectivity index (χ2v) is 4.25. The SMILES string of the molecule is Cn1cc(-c2cnccc2C=O)c2ccccc21. The Labute approximate surface area is 105 Å². The minimum atomic E-state index is 0.668. The molecule has 2 heterocycles. The number of benzene rings is 1. The van der Waals surface area contributed by atoms with Crippen molar-refractivity contribution in [3.05, 3.63) is 54.5 Å². The molecule has 0 bridgehead atoms. The molecule has 3 rings (SSSR count). The van der Waals surface area contributed by atoms with Gasteiger partial charge in [0, 0.05) is 53.2 Å². The maximum Gasteiger partial charge on any atom is 0.150 e. The number of aryl methyl sites for hydroxylation is 1. The third-order valence-electron chi connectivity index (χ3n) is 3.17. The van der Waals surface area contributed by atoms with E-state index in [-0.39, 0.29) is 0 Å². The Morgan fingerprint density at radius 1 is 1.17 bits per heavy atom. The fraction of sp³-hybridized carbons (Fsp3) is 0.0667. The van der Waals surface area contributed by atoms with Crippen LogP contribution in [0.1, 0.15) is 10.4 Å². The molecular weight excluding hydrogens is 224 g/mol. The Morgan fingerprint density at radius 3 is 2.83 bits per heavy atom. The van der Waals surface area contributed by atoms with Crippen LogP contribution in [0.15, 0.2) is 48.9 Å². The van der Waals surface area contributed by atoms with Crippen molar-refractivity contribution in [3.63, 3.8) is 0 Å². The van der Waals surface area contributed by atoms with Gasteiger partial charge in [-0.1, -0.05) is 18.2 Å². The molecule has 0 radical (unpaired) electrons. The van der Waals surface area contributed by atoms with Crippen LogP contribution in [-0.2, 0) is 7.05 Å². The standard InChI is InChI=1S/C15H12N2O/c1-17-9-14(12-4-2-3-5-15(12)17)13-8-16-7-6-11(13)10-18/h2-10H,1H3. The summed E-state index contributed by atoms with van der Waals surface area (Å²) in [6.07, 6.45) is 6.29. The van der Waals surface area contributed by atoms with Crippen molar-refractivity contribution in [2.45, 2.75) is 0 Å². The zero-order valence-corrected chi connectivity index (χ0v) is 10.00. The summed E-state index contributed by atoms with van der Waals surface area (Å²) in [4.78, 5) is 15.2. The van der Waals surface area contributed by atoms with Gasteiger partial charge in [-0.2, -0.15) is 0 Å². The highest BCUT2D eigenvalue weighted by Gasteiger charge is 2.11. The Balaban J connectivity index is 2.35. The van der Waals surface area contributed by atoms with E-state index >= 15 is 0 Å². The summed E-state index contributed by atoms with van der Waals surface area (Å²) in [5.41, 5.74) is 3.74. The van der Waals surface area contributed by atoms with Crippen LogP contribution in [0.5, 0.6) is 0 Å². The molecule has 18 heavy (non-hydrogen) atoms. The first-order chi connectivity index (χ1) is 8.81. The molecule has 88 valence electrons. The van der Waals surface area contributed by atoms with Gasteiger partial charge in [0.25, 0.3) is 0 Å². The fourth-order valence-electron chi connectivity index (χ4n) is 2.29. The third kappa shape index (κ3) is 1.52. The van der Waals surface area contributed by atoms with E-state index in [4.69, 9.17) is 0 Å². The molecule has 0 unspecified atom stereocenters. The van der Waals surface area contributed by atoms with Gasteiger partial charge in [-0.05, 0) is 12.1 Å². The molecular formula is C15H12N2O. The summed E-state index contributed by atoms with van der Waals surface area (Å²) in [7, 11) is 2.00. The van der Waals surface area contributed by atoms with Crippen LogP contribution >= 0.6 is 0 Å². The number of hydrogen-bond acceptors (Lipinski definition) is 2. The second-order valence-electron chi connectivity index (χ2n) is 4.25. The van der Waals surface area contributed by atoms with Gasteiger partial charge in [0.15, 0.2) is 6.29 Å². The van der Waals surface area contributed by atoms with Crippen LogP contribution in [0, 0.1) is 0 Å². The minimum absolute atomic E-state index is 0.668. The van der Waals surface area contributed by atoms with Crippen molar-refractivity contribution in [3.8, 4) is 11.1 Å². The summed E-state index contributed by atoms with van der Waals surface area (Å²) in [6, 6.07) is 9.88. The quantitative estimate of drug-likeness (QED) is 0.641. The number of carbonyl (C=O) groups is 1. The summed E-state index contributed by atoms with van der Waals surface area (Å²) in [5, 5.41) is 1.14. The molecule has 3 nitrogen and oxygen atoms in total. The van der Waals surface area contributed by atoms with Crippen LogP contribution < -0.4 is 0 Å². The molecule has 0 saturated carbocycles. The topological polar surface area (TPSA) is 34.9 Å². The maximum atomic E-state index is 11.1. The summed E-state index contributed by atoms with van der Waals surface area (Å²) in [5.74, 6) is 0. The lowest BCUT2D eigenvalue weighted by molar-refractivity contribution is 0.112. The number of fused-ring (bicyclic) bond motifs is 1.